The van der Waals surface area contributed by atoms with E-state index in [4.69, 9.17) is 0 Å². The molecule has 3 aromatic carbocycles. The average molecular weight is 362 g/mol. The summed E-state index contributed by atoms with van der Waals surface area (Å²) in [4.78, 5) is 0. The van der Waals surface area contributed by atoms with Crippen LogP contribution in [-0.4, -0.2) is 0 Å². The first kappa shape index (κ1) is 17.9. The minimum atomic E-state index is -0.807. The Hall–Kier alpha value is -2.48. The lowest BCUT2D eigenvalue weighted by molar-refractivity contribution is 0.509. The maximum Gasteiger partial charge on any atom is 0.159 e. The molecule has 0 bridgehead atoms. The minimum absolute atomic E-state index is 0.712. The molecule has 0 N–H and O–H groups in total. The zero-order valence-corrected chi connectivity index (χ0v) is 15.7. The molecule has 27 heavy (non-hydrogen) atoms. The lowest BCUT2D eigenvalue weighted by Gasteiger charge is -2.07. The molecule has 0 fully saturated rings. The molecule has 0 amide bonds. The topological polar surface area (TPSA) is 0 Å². The van der Waals surface area contributed by atoms with E-state index in [0.717, 1.165) is 18.4 Å². The molecule has 0 saturated heterocycles. The van der Waals surface area contributed by atoms with Crippen molar-refractivity contribution in [2.24, 2.45) is 0 Å². The van der Waals surface area contributed by atoms with Crippen molar-refractivity contribution in [2.45, 2.75) is 45.4 Å². The Morgan fingerprint density at radius 1 is 0.704 bits per heavy atom. The van der Waals surface area contributed by atoms with Gasteiger partial charge in [-0.1, -0.05) is 68.7 Å². The number of fused-ring (bicyclic) bond motifs is 3. The SMILES string of the molecule is CCCCCCc1ccc2c(c1)Cc1cc(-c3ccc(F)c(F)c3)ccc1-2. The molecule has 4 rings (SSSR count). The molecule has 0 saturated carbocycles. The summed E-state index contributed by atoms with van der Waals surface area (Å²) >= 11 is 0. The number of hydrogen-bond acceptors (Lipinski definition) is 0. The Kier molecular flexibility index (Phi) is 5.07. The molecular formula is C25H24F2. The number of rotatable bonds is 6. The molecule has 1 aliphatic rings. The first-order chi connectivity index (χ1) is 13.2. The van der Waals surface area contributed by atoms with Gasteiger partial charge in [-0.3, -0.25) is 0 Å². The molecule has 0 radical (unpaired) electrons. The molecule has 0 unspecified atom stereocenters. The molecule has 0 aliphatic heterocycles. The fraction of sp³-hybridized carbons (Fsp3) is 0.280. The van der Waals surface area contributed by atoms with Gasteiger partial charge in [0.2, 0.25) is 0 Å². The molecule has 3 aromatic rings. The van der Waals surface area contributed by atoms with E-state index < -0.39 is 11.6 Å². The van der Waals surface area contributed by atoms with Gasteiger partial charge in [-0.2, -0.15) is 0 Å². The highest BCUT2D eigenvalue weighted by atomic mass is 19.2. The standard InChI is InChI=1S/C25H24F2/c1-2-3-4-5-6-17-7-10-22-20(13-17)15-21-14-18(8-11-23(21)22)19-9-12-24(26)25(27)16-19/h7-14,16H,2-6,15H2,1H3. The van der Waals surface area contributed by atoms with Crippen LogP contribution in [-0.2, 0) is 12.8 Å². The van der Waals surface area contributed by atoms with Crippen LogP contribution >= 0.6 is 0 Å². The molecule has 1 aliphatic carbocycles. The van der Waals surface area contributed by atoms with Gasteiger partial charge in [-0.15, -0.1) is 0 Å². The van der Waals surface area contributed by atoms with Crippen LogP contribution in [0.4, 0.5) is 8.78 Å². The maximum atomic E-state index is 13.6. The highest BCUT2D eigenvalue weighted by Crippen LogP contribution is 2.39. The summed E-state index contributed by atoms with van der Waals surface area (Å²) in [5.74, 6) is -1.61. The van der Waals surface area contributed by atoms with E-state index in [-0.39, 0.29) is 0 Å². The summed E-state index contributed by atoms with van der Waals surface area (Å²) in [6.45, 7) is 2.24. The van der Waals surface area contributed by atoms with Gasteiger partial charge in [-0.25, -0.2) is 8.78 Å². The number of aryl methyl sites for hydroxylation is 1. The van der Waals surface area contributed by atoms with Crippen molar-refractivity contribution < 1.29 is 8.78 Å². The normalized spacial score (nSPS) is 12.1. The van der Waals surface area contributed by atoms with E-state index in [1.165, 1.54) is 65.6 Å². The lowest BCUT2D eigenvalue weighted by atomic mass is 9.98. The van der Waals surface area contributed by atoms with Gasteiger partial charge in [0.05, 0.1) is 0 Å². The highest BCUT2D eigenvalue weighted by Gasteiger charge is 2.19. The fourth-order valence-corrected chi connectivity index (χ4v) is 4.03. The number of unbranched alkanes of at least 4 members (excludes halogenated alkanes) is 3. The van der Waals surface area contributed by atoms with Crippen molar-refractivity contribution in [3.05, 3.63) is 82.9 Å². The predicted octanol–water partition coefficient (Wildman–Crippen LogP) is 7.33. The van der Waals surface area contributed by atoms with Crippen LogP contribution in [0.25, 0.3) is 22.3 Å². The molecular weight excluding hydrogens is 338 g/mol. The minimum Gasteiger partial charge on any atom is -0.204 e. The molecule has 0 aromatic heterocycles. The number of hydrogen-bond donors (Lipinski definition) is 0. The lowest BCUT2D eigenvalue weighted by Crippen LogP contribution is -1.89. The zero-order chi connectivity index (χ0) is 18.8. The third-order valence-corrected chi connectivity index (χ3v) is 5.52. The van der Waals surface area contributed by atoms with Gasteiger partial charge in [0.1, 0.15) is 0 Å². The molecule has 0 heterocycles. The molecule has 2 heteroatoms. The van der Waals surface area contributed by atoms with Crippen LogP contribution in [0.2, 0.25) is 0 Å². The van der Waals surface area contributed by atoms with Crippen molar-refractivity contribution >= 4 is 0 Å². The van der Waals surface area contributed by atoms with Crippen LogP contribution in [0.15, 0.2) is 54.6 Å². The monoisotopic (exact) mass is 362 g/mol. The molecule has 0 nitrogen and oxygen atoms in total. The Morgan fingerprint density at radius 3 is 2.19 bits per heavy atom. The first-order valence-electron chi connectivity index (χ1n) is 9.86. The average Bonchev–Trinajstić information content (AvgIpc) is 3.04. The smallest absolute Gasteiger partial charge is 0.159 e. The van der Waals surface area contributed by atoms with E-state index in [0.29, 0.717) is 5.56 Å². The van der Waals surface area contributed by atoms with Crippen molar-refractivity contribution in [1.82, 2.24) is 0 Å². The van der Waals surface area contributed by atoms with Crippen LogP contribution < -0.4 is 0 Å². The summed E-state index contributed by atoms with van der Waals surface area (Å²) in [6.07, 6.45) is 7.17. The first-order valence-corrected chi connectivity index (χ1v) is 9.86. The number of halogens is 2. The largest absolute Gasteiger partial charge is 0.204 e. The predicted molar refractivity (Wildman–Crippen MR) is 108 cm³/mol. The second-order valence-electron chi connectivity index (χ2n) is 7.48. The molecule has 138 valence electrons. The van der Waals surface area contributed by atoms with Gasteiger partial charge in [0, 0.05) is 0 Å². The quantitative estimate of drug-likeness (QED) is 0.315. The Bertz CT molecular complexity index is 972. The van der Waals surface area contributed by atoms with E-state index in [1.807, 2.05) is 6.07 Å². The van der Waals surface area contributed by atoms with Crippen LogP contribution in [0.1, 0.15) is 49.3 Å². The fourth-order valence-electron chi connectivity index (χ4n) is 4.03. The third-order valence-electron chi connectivity index (χ3n) is 5.52. The van der Waals surface area contributed by atoms with Crippen molar-refractivity contribution in [2.75, 3.05) is 0 Å². The van der Waals surface area contributed by atoms with E-state index >= 15 is 0 Å². The van der Waals surface area contributed by atoms with Crippen molar-refractivity contribution in [3.63, 3.8) is 0 Å². The summed E-state index contributed by atoms with van der Waals surface area (Å²) in [6, 6.07) is 17.2. The van der Waals surface area contributed by atoms with E-state index in [2.05, 4.69) is 37.3 Å². The Morgan fingerprint density at radius 2 is 1.41 bits per heavy atom. The second kappa shape index (κ2) is 7.64. The van der Waals surface area contributed by atoms with Gasteiger partial charge < -0.3 is 0 Å². The summed E-state index contributed by atoms with van der Waals surface area (Å²) in [5, 5.41) is 0. The summed E-state index contributed by atoms with van der Waals surface area (Å²) < 4.78 is 26.8. The summed E-state index contributed by atoms with van der Waals surface area (Å²) in [7, 11) is 0. The number of benzene rings is 3. The summed E-state index contributed by atoms with van der Waals surface area (Å²) in [5.41, 5.74) is 8.26. The van der Waals surface area contributed by atoms with Crippen LogP contribution in [0.3, 0.4) is 0 Å². The Balaban J connectivity index is 1.56. The molecule has 0 spiro atoms. The van der Waals surface area contributed by atoms with Crippen molar-refractivity contribution in [1.29, 1.82) is 0 Å². The van der Waals surface area contributed by atoms with E-state index in [1.54, 1.807) is 6.07 Å². The molecule has 0 atom stereocenters. The van der Waals surface area contributed by atoms with Gasteiger partial charge in [0.15, 0.2) is 11.6 Å². The van der Waals surface area contributed by atoms with E-state index in [9.17, 15) is 8.78 Å². The second-order valence-corrected chi connectivity index (χ2v) is 7.48. The maximum absolute atomic E-state index is 13.6. The van der Waals surface area contributed by atoms with Gasteiger partial charge in [0.25, 0.3) is 0 Å². The van der Waals surface area contributed by atoms with Crippen LogP contribution in [0, 0.1) is 11.6 Å². The zero-order valence-electron chi connectivity index (χ0n) is 15.7. The van der Waals surface area contributed by atoms with Crippen molar-refractivity contribution in [3.8, 4) is 22.3 Å². The Labute approximate surface area is 159 Å². The van der Waals surface area contributed by atoms with Gasteiger partial charge in [-0.05, 0) is 70.3 Å². The third kappa shape index (κ3) is 3.66. The van der Waals surface area contributed by atoms with Gasteiger partial charge >= 0.3 is 0 Å². The highest BCUT2D eigenvalue weighted by molar-refractivity contribution is 5.80. The van der Waals surface area contributed by atoms with Crippen LogP contribution in [0.5, 0.6) is 0 Å².